The van der Waals surface area contributed by atoms with E-state index < -0.39 is 18.2 Å². The van der Waals surface area contributed by atoms with Crippen LogP contribution in [0.5, 0.6) is 5.88 Å². The molecule has 2 aliphatic rings. The van der Waals surface area contributed by atoms with Gasteiger partial charge in [-0.25, -0.2) is 23.5 Å². The van der Waals surface area contributed by atoms with Crippen LogP contribution in [0, 0.1) is 5.41 Å². The summed E-state index contributed by atoms with van der Waals surface area (Å²) in [6.45, 7) is 14.7. The van der Waals surface area contributed by atoms with Gasteiger partial charge in [-0.05, 0) is 48.9 Å². The lowest BCUT2D eigenvalue weighted by Crippen LogP contribution is -2.43. The van der Waals surface area contributed by atoms with Crippen LogP contribution in [0.4, 0.5) is 5.82 Å². The minimum Gasteiger partial charge on any atom is -0.479 e. The SMILES string of the molecule is COc1nccc2c(N3CCC4(CC3)CCN(S(C)(=O)=N[Si](C)(C)C(C)(C)C)C4)ncnc12. The summed E-state index contributed by atoms with van der Waals surface area (Å²) in [6.07, 6.45) is 8.41. The number of anilines is 1. The van der Waals surface area contributed by atoms with Gasteiger partial charge >= 0.3 is 0 Å². The summed E-state index contributed by atoms with van der Waals surface area (Å²) in [5.74, 6) is 1.47. The second-order valence-corrected chi connectivity index (χ2v) is 18.6. The van der Waals surface area contributed by atoms with Crippen molar-refractivity contribution in [1.82, 2.24) is 19.3 Å². The van der Waals surface area contributed by atoms with Gasteiger partial charge in [0.15, 0.2) is 8.24 Å². The zero-order chi connectivity index (χ0) is 24.1. The summed E-state index contributed by atoms with van der Waals surface area (Å²) in [5.41, 5.74) is 0.954. The molecule has 0 aromatic carbocycles. The number of rotatable bonds is 4. The fourth-order valence-corrected chi connectivity index (χ4v) is 10.6. The van der Waals surface area contributed by atoms with Crippen LogP contribution in [0.25, 0.3) is 10.9 Å². The van der Waals surface area contributed by atoms with E-state index in [-0.39, 0.29) is 10.5 Å². The summed E-state index contributed by atoms with van der Waals surface area (Å²) in [7, 11) is -2.74. The average molecular weight is 491 g/mol. The molecule has 2 aromatic rings. The predicted molar refractivity (Wildman–Crippen MR) is 138 cm³/mol. The Bertz CT molecular complexity index is 1150. The molecular formula is C23H38N6O2SSi. The first kappa shape index (κ1) is 24.3. The molecule has 1 atom stereocenters. The van der Waals surface area contributed by atoms with Crippen LogP contribution in [0.15, 0.2) is 22.6 Å². The van der Waals surface area contributed by atoms with Crippen LogP contribution in [-0.2, 0) is 9.92 Å². The predicted octanol–water partition coefficient (Wildman–Crippen LogP) is 4.34. The third-order valence-corrected chi connectivity index (χ3v) is 16.1. The molecule has 0 aliphatic carbocycles. The van der Waals surface area contributed by atoms with Crippen LogP contribution >= 0.6 is 0 Å². The highest BCUT2D eigenvalue weighted by molar-refractivity contribution is 7.91. The molecule has 4 heterocycles. The van der Waals surface area contributed by atoms with Crippen molar-refractivity contribution in [3.63, 3.8) is 0 Å². The van der Waals surface area contributed by atoms with Gasteiger partial charge in [-0.1, -0.05) is 20.8 Å². The fourth-order valence-electron chi connectivity index (χ4n) is 4.75. The zero-order valence-corrected chi connectivity index (χ0v) is 22.9. The van der Waals surface area contributed by atoms with Gasteiger partial charge in [0.05, 0.1) is 17.0 Å². The Morgan fingerprint density at radius 3 is 2.42 bits per heavy atom. The molecule has 1 unspecified atom stereocenters. The highest BCUT2D eigenvalue weighted by Crippen LogP contribution is 2.44. The number of nitrogens with zero attached hydrogens (tertiary/aromatic N) is 6. The number of pyridine rings is 1. The first-order valence-corrected chi connectivity index (χ1v) is 16.6. The zero-order valence-electron chi connectivity index (χ0n) is 21.1. The smallest absolute Gasteiger partial charge is 0.240 e. The average Bonchev–Trinajstić information content (AvgIpc) is 3.16. The quantitative estimate of drug-likeness (QED) is 0.593. The second kappa shape index (κ2) is 8.46. The molecule has 182 valence electrons. The summed E-state index contributed by atoms with van der Waals surface area (Å²) < 4.78 is 26.3. The number of piperidine rings is 1. The van der Waals surface area contributed by atoms with E-state index in [4.69, 9.17) is 8.77 Å². The Balaban J connectivity index is 1.50. The number of hydrogen-bond acceptors (Lipinski definition) is 7. The van der Waals surface area contributed by atoms with Crippen molar-refractivity contribution in [2.45, 2.75) is 58.2 Å². The molecule has 2 saturated heterocycles. The Morgan fingerprint density at radius 1 is 1.12 bits per heavy atom. The van der Waals surface area contributed by atoms with E-state index >= 15 is 0 Å². The summed E-state index contributed by atoms with van der Waals surface area (Å²) in [6, 6.07) is 1.96. The van der Waals surface area contributed by atoms with Crippen molar-refractivity contribution in [3.8, 4) is 5.88 Å². The van der Waals surface area contributed by atoms with Gasteiger partial charge < -0.3 is 9.64 Å². The Hall–Kier alpha value is -1.78. The van der Waals surface area contributed by atoms with Gasteiger partial charge in [0.2, 0.25) is 5.88 Å². The van der Waals surface area contributed by atoms with Gasteiger partial charge in [-0.2, -0.15) is 0 Å². The maximum atomic E-state index is 13.7. The monoisotopic (exact) mass is 490 g/mol. The van der Waals surface area contributed by atoms with E-state index in [0.29, 0.717) is 5.88 Å². The van der Waals surface area contributed by atoms with Gasteiger partial charge in [0.1, 0.15) is 17.7 Å². The van der Waals surface area contributed by atoms with E-state index in [1.54, 1.807) is 19.6 Å². The molecule has 10 heteroatoms. The van der Waals surface area contributed by atoms with Crippen molar-refractivity contribution in [3.05, 3.63) is 18.6 Å². The minimum atomic E-state index is -2.36. The molecule has 33 heavy (non-hydrogen) atoms. The van der Waals surface area contributed by atoms with Crippen LogP contribution in [-0.4, -0.2) is 71.2 Å². The van der Waals surface area contributed by atoms with E-state index in [9.17, 15) is 4.21 Å². The lowest BCUT2D eigenvalue weighted by molar-refractivity contribution is 0.235. The Labute approximate surface area is 199 Å². The van der Waals surface area contributed by atoms with E-state index in [1.807, 2.05) is 12.3 Å². The molecule has 2 fully saturated rings. The first-order chi connectivity index (χ1) is 15.4. The van der Waals surface area contributed by atoms with E-state index in [1.165, 1.54) is 0 Å². The van der Waals surface area contributed by atoms with Crippen molar-refractivity contribution < 1.29 is 8.95 Å². The standard InChI is InChI=1S/C23H38N6O2SSi/c1-22(2,3)33(6,7)27-32(5,30)29-15-11-23(16-29)9-13-28(14-10-23)20-18-8-12-24-21(31-4)19(18)25-17-26-20/h8,12,17H,9-11,13-16H2,1-7H3. The lowest BCUT2D eigenvalue weighted by Gasteiger charge is -2.40. The summed E-state index contributed by atoms with van der Waals surface area (Å²) in [5, 5.41) is 1.06. The molecular weight excluding hydrogens is 452 g/mol. The van der Waals surface area contributed by atoms with Crippen LogP contribution in [0.2, 0.25) is 18.1 Å². The Morgan fingerprint density at radius 2 is 1.79 bits per heavy atom. The summed E-state index contributed by atoms with van der Waals surface area (Å²) in [4.78, 5) is 15.6. The van der Waals surface area contributed by atoms with E-state index in [0.717, 1.165) is 62.2 Å². The Kier molecular flexibility index (Phi) is 6.24. The second-order valence-electron chi connectivity index (χ2n) is 11.2. The maximum absolute atomic E-state index is 13.7. The molecule has 0 radical (unpaired) electrons. The van der Waals surface area contributed by atoms with Crippen LogP contribution < -0.4 is 9.64 Å². The van der Waals surface area contributed by atoms with Crippen molar-refractivity contribution in [2.75, 3.05) is 44.4 Å². The third-order valence-electron chi connectivity index (χ3n) is 7.93. The van der Waals surface area contributed by atoms with Crippen LogP contribution in [0.1, 0.15) is 40.0 Å². The number of fused-ring (bicyclic) bond motifs is 1. The highest BCUT2D eigenvalue weighted by atomic mass is 32.2. The highest BCUT2D eigenvalue weighted by Gasteiger charge is 2.44. The number of methoxy groups -OCH3 is 1. The minimum absolute atomic E-state index is 0.0902. The van der Waals surface area contributed by atoms with Crippen molar-refractivity contribution >= 4 is 34.9 Å². The molecule has 8 nitrogen and oxygen atoms in total. The number of ether oxygens (including phenoxy) is 1. The number of hydrogen-bond donors (Lipinski definition) is 0. The third kappa shape index (κ3) is 4.61. The number of aromatic nitrogens is 3. The molecule has 1 spiro atoms. The molecule has 0 bridgehead atoms. The largest absolute Gasteiger partial charge is 0.479 e. The lowest BCUT2D eigenvalue weighted by atomic mass is 9.78. The van der Waals surface area contributed by atoms with Gasteiger partial charge in [-0.15, -0.1) is 0 Å². The van der Waals surface area contributed by atoms with Gasteiger partial charge in [0, 0.05) is 44.0 Å². The summed E-state index contributed by atoms with van der Waals surface area (Å²) >= 11 is 0. The maximum Gasteiger partial charge on any atom is 0.240 e. The molecule has 0 saturated carbocycles. The van der Waals surface area contributed by atoms with Gasteiger partial charge in [0.25, 0.3) is 0 Å². The first-order valence-electron chi connectivity index (χ1n) is 11.7. The molecule has 2 aliphatic heterocycles. The normalized spacial score (nSPS) is 21.4. The van der Waals surface area contributed by atoms with Crippen molar-refractivity contribution in [2.24, 2.45) is 9.44 Å². The van der Waals surface area contributed by atoms with E-state index in [2.05, 4.69) is 58.0 Å². The van der Waals surface area contributed by atoms with Gasteiger partial charge in [-0.3, -0.25) is 4.03 Å². The molecule has 4 rings (SSSR count). The van der Waals surface area contributed by atoms with Crippen molar-refractivity contribution in [1.29, 1.82) is 0 Å². The molecule has 2 aromatic heterocycles. The molecule has 0 amide bonds. The van der Waals surface area contributed by atoms with Crippen LogP contribution in [0.3, 0.4) is 0 Å². The molecule has 0 N–H and O–H groups in total. The topological polar surface area (TPSA) is 83.8 Å². The fraction of sp³-hybridized carbons (Fsp3) is 0.696.